The molecule has 0 atom stereocenters. The molecular weight excluding hydrogens is 248 g/mol. The molecule has 0 bridgehead atoms. The van der Waals surface area contributed by atoms with E-state index in [0.717, 1.165) is 18.6 Å². The molecule has 0 aliphatic rings. The van der Waals surface area contributed by atoms with E-state index in [1.54, 1.807) is 7.11 Å². The highest BCUT2D eigenvalue weighted by Gasteiger charge is 2.27. The van der Waals surface area contributed by atoms with E-state index >= 15 is 0 Å². The van der Waals surface area contributed by atoms with Crippen LogP contribution in [0.3, 0.4) is 0 Å². The van der Waals surface area contributed by atoms with Gasteiger partial charge in [-0.1, -0.05) is 53.7 Å². The molecule has 0 unspecified atom stereocenters. The molecule has 0 radical (unpaired) electrons. The lowest BCUT2D eigenvalue weighted by molar-refractivity contribution is 0.288. The monoisotopic (exact) mass is 278 g/mol. The van der Waals surface area contributed by atoms with Crippen LogP contribution in [0, 0.1) is 0 Å². The number of aliphatic hydroxyl groups is 1. The second kappa shape index (κ2) is 6.17. The average molecular weight is 278 g/mol. The highest BCUT2D eigenvalue weighted by molar-refractivity contribution is 5.50. The minimum Gasteiger partial charge on any atom is -0.496 e. The van der Waals surface area contributed by atoms with Gasteiger partial charge in [-0.2, -0.15) is 0 Å². The summed E-state index contributed by atoms with van der Waals surface area (Å²) >= 11 is 0. The lowest BCUT2D eigenvalue weighted by Gasteiger charge is -2.30. The highest BCUT2D eigenvalue weighted by atomic mass is 16.5. The summed E-state index contributed by atoms with van der Waals surface area (Å²) in [5, 5.41) is 9.06. The van der Waals surface area contributed by atoms with Crippen LogP contribution in [0.25, 0.3) is 0 Å². The standard InChI is InChI=1S/C18H30O2/c1-17(2,3)14-11-13(9-8-10-19)12-15(16(14)20-7)18(4,5)6/h11-12,19H,8-10H2,1-7H3. The van der Waals surface area contributed by atoms with Crippen molar-refractivity contribution in [2.24, 2.45) is 0 Å². The van der Waals surface area contributed by atoms with Crippen molar-refractivity contribution in [2.45, 2.75) is 65.2 Å². The van der Waals surface area contributed by atoms with Gasteiger partial charge in [0, 0.05) is 17.7 Å². The molecule has 2 nitrogen and oxygen atoms in total. The Bertz CT molecular complexity index is 412. The van der Waals surface area contributed by atoms with E-state index in [1.165, 1.54) is 16.7 Å². The van der Waals surface area contributed by atoms with Crippen molar-refractivity contribution in [3.05, 3.63) is 28.8 Å². The van der Waals surface area contributed by atoms with Gasteiger partial charge in [0.1, 0.15) is 5.75 Å². The number of ether oxygens (including phenoxy) is 1. The van der Waals surface area contributed by atoms with Crippen LogP contribution in [-0.2, 0) is 17.3 Å². The molecule has 2 heteroatoms. The Labute approximate surface area is 124 Å². The Morgan fingerprint density at radius 2 is 1.40 bits per heavy atom. The maximum atomic E-state index is 9.06. The molecule has 1 rings (SSSR count). The number of hydrogen-bond donors (Lipinski definition) is 1. The minimum atomic E-state index is 0.0422. The predicted molar refractivity (Wildman–Crippen MR) is 85.8 cm³/mol. The first-order valence-electron chi connectivity index (χ1n) is 7.44. The smallest absolute Gasteiger partial charge is 0.126 e. The van der Waals surface area contributed by atoms with Gasteiger partial charge >= 0.3 is 0 Å². The first-order valence-corrected chi connectivity index (χ1v) is 7.44. The first kappa shape index (κ1) is 17.0. The van der Waals surface area contributed by atoms with Crippen molar-refractivity contribution >= 4 is 0 Å². The highest BCUT2D eigenvalue weighted by Crippen LogP contribution is 2.40. The maximum Gasteiger partial charge on any atom is 0.126 e. The lowest BCUT2D eigenvalue weighted by Crippen LogP contribution is -2.19. The van der Waals surface area contributed by atoms with Gasteiger partial charge in [-0.3, -0.25) is 0 Å². The van der Waals surface area contributed by atoms with E-state index in [2.05, 4.69) is 53.7 Å². The molecule has 0 aliphatic heterocycles. The van der Waals surface area contributed by atoms with Gasteiger partial charge in [0.2, 0.25) is 0 Å². The number of rotatable bonds is 4. The van der Waals surface area contributed by atoms with E-state index in [0.29, 0.717) is 0 Å². The molecule has 0 aliphatic carbocycles. The van der Waals surface area contributed by atoms with Crippen LogP contribution in [0.5, 0.6) is 5.75 Å². The van der Waals surface area contributed by atoms with Crippen LogP contribution < -0.4 is 4.74 Å². The largest absolute Gasteiger partial charge is 0.496 e. The van der Waals surface area contributed by atoms with Gasteiger partial charge in [0.15, 0.2) is 0 Å². The molecule has 0 saturated carbocycles. The van der Waals surface area contributed by atoms with E-state index < -0.39 is 0 Å². The Morgan fingerprint density at radius 3 is 1.70 bits per heavy atom. The van der Waals surface area contributed by atoms with Gasteiger partial charge in [-0.15, -0.1) is 0 Å². The minimum absolute atomic E-state index is 0.0422. The molecule has 114 valence electrons. The molecular formula is C18H30O2. The predicted octanol–water partition coefficient (Wildman–Crippen LogP) is 4.22. The summed E-state index contributed by atoms with van der Waals surface area (Å²) in [5.74, 6) is 1.01. The summed E-state index contributed by atoms with van der Waals surface area (Å²) in [5.41, 5.74) is 3.87. The Balaban J connectivity index is 3.48. The summed E-state index contributed by atoms with van der Waals surface area (Å²) in [6.07, 6.45) is 1.71. The fraction of sp³-hybridized carbons (Fsp3) is 0.667. The van der Waals surface area contributed by atoms with Gasteiger partial charge in [-0.25, -0.2) is 0 Å². The third-order valence-electron chi connectivity index (χ3n) is 3.59. The van der Waals surface area contributed by atoms with Gasteiger partial charge in [0.05, 0.1) is 7.11 Å². The van der Waals surface area contributed by atoms with Crippen LogP contribution in [0.2, 0.25) is 0 Å². The van der Waals surface area contributed by atoms with Crippen molar-refractivity contribution in [3.63, 3.8) is 0 Å². The molecule has 0 spiro atoms. The number of hydrogen-bond acceptors (Lipinski definition) is 2. The van der Waals surface area contributed by atoms with E-state index in [-0.39, 0.29) is 17.4 Å². The van der Waals surface area contributed by atoms with Gasteiger partial charge in [-0.05, 0) is 29.2 Å². The Kier molecular flexibility index (Phi) is 5.26. The van der Waals surface area contributed by atoms with Crippen LogP contribution in [0.4, 0.5) is 0 Å². The van der Waals surface area contributed by atoms with Crippen LogP contribution in [0.15, 0.2) is 12.1 Å². The number of methoxy groups -OCH3 is 1. The molecule has 1 N–H and O–H groups in total. The number of aryl methyl sites for hydroxylation is 1. The quantitative estimate of drug-likeness (QED) is 0.893. The van der Waals surface area contributed by atoms with Gasteiger partial charge < -0.3 is 9.84 Å². The maximum absolute atomic E-state index is 9.06. The van der Waals surface area contributed by atoms with Crippen LogP contribution in [0.1, 0.15) is 64.7 Å². The fourth-order valence-corrected chi connectivity index (χ4v) is 2.45. The molecule has 1 aromatic rings. The summed E-state index contributed by atoms with van der Waals surface area (Å²) in [4.78, 5) is 0. The van der Waals surface area contributed by atoms with E-state index in [4.69, 9.17) is 9.84 Å². The third kappa shape index (κ3) is 3.99. The topological polar surface area (TPSA) is 29.5 Å². The molecule has 0 heterocycles. The summed E-state index contributed by atoms with van der Waals surface area (Å²) in [7, 11) is 1.76. The summed E-state index contributed by atoms with van der Waals surface area (Å²) in [6.45, 7) is 13.5. The third-order valence-corrected chi connectivity index (χ3v) is 3.59. The molecule has 1 aromatic carbocycles. The zero-order chi connectivity index (χ0) is 15.6. The Hall–Kier alpha value is -1.02. The van der Waals surface area contributed by atoms with Gasteiger partial charge in [0.25, 0.3) is 0 Å². The second-order valence-corrected chi connectivity index (χ2v) is 7.55. The SMILES string of the molecule is COc1c(C(C)(C)C)cc(CCCO)cc1C(C)(C)C. The molecule has 0 saturated heterocycles. The van der Waals surface area contributed by atoms with Crippen LogP contribution >= 0.6 is 0 Å². The van der Waals surface area contributed by atoms with Crippen molar-refractivity contribution in [3.8, 4) is 5.75 Å². The fourth-order valence-electron chi connectivity index (χ4n) is 2.45. The zero-order valence-electron chi connectivity index (χ0n) is 14.1. The number of aliphatic hydroxyl groups excluding tert-OH is 1. The van der Waals surface area contributed by atoms with Crippen molar-refractivity contribution in [1.82, 2.24) is 0 Å². The summed E-state index contributed by atoms with van der Waals surface area (Å²) < 4.78 is 5.74. The average Bonchev–Trinajstić information content (AvgIpc) is 2.32. The molecule has 0 fully saturated rings. The molecule has 20 heavy (non-hydrogen) atoms. The summed E-state index contributed by atoms with van der Waals surface area (Å²) in [6, 6.07) is 4.48. The lowest BCUT2D eigenvalue weighted by atomic mass is 9.78. The van der Waals surface area contributed by atoms with E-state index in [1.807, 2.05) is 0 Å². The Morgan fingerprint density at radius 1 is 0.950 bits per heavy atom. The molecule has 0 amide bonds. The number of benzene rings is 1. The van der Waals surface area contributed by atoms with Crippen molar-refractivity contribution in [1.29, 1.82) is 0 Å². The first-order chi connectivity index (χ1) is 9.11. The van der Waals surface area contributed by atoms with Crippen molar-refractivity contribution in [2.75, 3.05) is 13.7 Å². The second-order valence-electron chi connectivity index (χ2n) is 7.55. The van der Waals surface area contributed by atoms with Crippen LogP contribution in [-0.4, -0.2) is 18.8 Å². The normalized spacial score (nSPS) is 12.6. The van der Waals surface area contributed by atoms with Crippen molar-refractivity contribution < 1.29 is 9.84 Å². The van der Waals surface area contributed by atoms with E-state index in [9.17, 15) is 0 Å². The zero-order valence-corrected chi connectivity index (χ0v) is 14.1. The molecule has 0 aromatic heterocycles.